The lowest BCUT2D eigenvalue weighted by Crippen LogP contribution is -2.39. The van der Waals surface area contributed by atoms with Crippen molar-refractivity contribution in [2.75, 3.05) is 11.9 Å². The van der Waals surface area contributed by atoms with Crippen molar-refractivity contribution in [2.24, 2.45) is 5.92 Å². The molecule has 2 unspecified atom stereocenters. The number of carbonyl (C=O) groups is 1. The molecule has 0 radical (unpaired) electrons. The molecule has 1 fully saturated rings. The molecular formula is C13H16BrFN2O. The third-order valence-corrected chi connectivity index (χ3v) is 3.95. The third kappa shape index (κ3) is 2.72. The minimum Gasteiger partial charge on any atom is -0.324 e. The van der Waals surface area contributed by atoms with Crippen molar-refractivity contribution >= 4 is 27.5 Å². The predicted molar refractivity (Wildman–Crippen MR) is 73.0 cm³/mol. The number of rotatable bonds is 2. The highest BCUT2D eigenvalue weighted by Gasteiger charge is 2.29. The lowest BCUT2D eigenvalue weighted by atomic mass is 10.0. The molecule has 5 heteroatoms. The van der Waals surface area contributed by atoms with E-state index in [-0.39, 0.29) is 17.8 Å². The molecule has 1 saturated heterocycles. The highest BCUT2D eigenvalue weighted by atomic mass is 79.9. The summed E-state index contributed by atoms with van der Waals surface area (Å²) in [6.07, 6.45) is 0.992. The fourth-order valence-corrected chi connectivity index (χ4v) is 2.63. The van der Waals surface area contributed by atoms with E-state index in [0.29, 0.717) is 16.1 Å². The fraction of sp³-hybridized carbons (Fsp3) is 0.462. The normalized spacial score (nSPS) is 23.1. The van der Waals surface area contributed by atoms with Crippen LogP contribution in [0.3, 0.4) is 0 Å². The number of benzene rings is 1. The Balaban J connectivity index is 2.14. The number of aryl methyl sites for hydroxylation is 1. The van der Waals surface area contributed by atoms with E-state index in [1.165, 1.54) is 6.07 Å². The summed E-state index contributed by atoms with van der Waals surface area (Å²) >= 11 is 3.12. The second-order valence-electron chi connectivity index (χ2n) is 4.77. The summed E-state index contributed by atoms with van der Waals surface area (Å²) in [7, 11) is 0. The van der Waals surface area contributed by atoms with Crippen LogP contribution in [0.15, 0.2) is 16.6 Å². The van der Waals surface area contributed by atoms with Gasteiger partial charge in [0.15, 0.2) is 0 Å². The largest absolute Gasteiger partial charge is 0.324 e. The molecule has 0 spiro atoms. The maximum absolute atomic E-state index is 13.4. The number of hydrogen-bond donors (Lipinski definition) is 2. The standard InChI is InChI=1S/C13H16BrFN2O/c1-7-3-4-16-12(7)13(18)17-11-6-10(15)9(14)5-8(11)2/h5-7,12,16H,3-4H2,1-2H3,(H,17,18). The molecular weight excluding hydrogens is 299 g/mol. The molecule has 2 rings (SSSR count). The summed E-state index contributed by atoms with van der Waals surface area (Å²) in [5.74, 6) is -0.154. The van der Waals surface area contributed by atoms with Crippen molar-refractivity contribution in [1.82, 2.24) is 5.32 Å². The number of hydrogen-bond acceptors (Lipinski definition) is 2. The average molecular weight is 315 g/mol. The first-order valence-electron chi connectivity index (χ1n) is 5.99. The van der Waals surface area contributed by atoms with E-state index in [1.807, 2.05) is 13.8 Å². The molecule has 2 N–H and O–H groups in total. The topological polar surface area (TPSA) is 41.1 Å². The van der Waals surface area contributed by atoms with Crippen molar-refractivity contribution < 1.29 is 9.18 Å². The van der Waals surface area contributed by atoms with E-state index >= 15 is 0 Å². The Bertz CT molecular complexity index is 478. The van der Waals surface area contributed by atoms with E-state index in [9.17, 15) is 9.18 Å². The molecule has 0 aromatic heterocycles. The van der Waals surface area contributed by atoms with Crippen molar-refractivity contribution in [1.29, 1.82) is 0 Å². The second-order valence-corrected chi connectivity index (χ2v) is 5.62. The zero-order valence-corrected chi connectivity index (χ0v) is 12.0. The van der Waals surface area contributed by atoms with Crippen molar-refractivity contribution in [3.05, 3.63) is 28.0 Å². The molecule has 3 nitrogen and oxygen atoms in total. The Hall–Kier alpha value is -0.940. The minimum atomic E-state index is -0.372. The molecule has 98 valence electrons. The van der Waals surface area contributed by atoms with Crippen LogP contribution in [0, 0.1) is 18.7 Å². The molecule has 18 heavy (non-hydrogen) atoms. The summed E-state index contributed by atoms with van der Waals surface area (Å²) in [5.41, 5.74) is 1.36. The van der Waals surface area contributed by atoms with Crippen molar-refractivity contribution in [3.8, 4) is 0 Å². The van der Waals surface area contributed by atoms with Crippen LogP contribution in [0.5, 0.6) is 0 Å². The molecule has 1 aliphatic heterocycles. The molecule has 0 bridgehead atoms. The van der Waals surface area contributed by atoms with Gasteiger partial charge in [-0.1, -0.05) is 6.92 Å². The van der Waals surface area contributed by atoms with Crippen LogP contribution in [0.2, 0.25) is 0 Å². The molecule has 1 aliphatic rings. The van der Waals surface area contributed by atoms with E-state index in [4.69, 9.17) is 0 Å². The van der Waals surface area contributed by atoms with Gasteiger partial charge in [0.2, 0.25) is 5.91 Å². The van der Waals surface area contributed by atoms with Gasteiger partial charge in [-0.15, -0.1) is 0 Å². The molecule has 2 atom stereocenters. The highest BCUT2D eigenvalue weighted by Crippen LogP contribution is 2.25. The number of amides is 1. The third-order valence-electron chi connectivity index (χ3n) is 3.34. The van der Waals surface area contributed by atoms with Gasteiger partial charge in [-0.25, -0.2) is 4.39 Å². The fourth-order valence-electron chi connectivity index (χ4n) is 2.18. The van der Waals surface area contributed by atoms with Gasteiger partial charge < -0.3 is 10.6 Å². The molecule has 1 aromatic rings. The summed E-state index contributed by atoms with van der Waals surface area (Å²) in [5, 5.41) is 5.95. The Labute approximate surface area is 114 Å². The van der Waals surface area contributed by atoms with Gasteiger partial charge in [0, 0.05) is 5.69 Å². The summed E-state index contributed by atoms with van der Waals surface area (Å²) in [4.78, 5) is 12.1. The average Bonchev–Trinajstić information content (AvgIpc) is 2.72. The summed E-state index contributed by atoms with van der Waals surface area (Å²) in [6, 6.07) is 2.82. The molecule has 0 aliphatic carbocycles. The van der Waals surface area contributed by atoms with Gasteiger partial charge >= 0.3 is 0 Å². The van der Waals surface area contributed by atoms with Crippen molar-refractivity contribution in [2.45, 2.75) is 26.3 Å². The molecule has 1 amide bonds. The van der Waals surface area contributed by atoms with Crippen LogP contribution in [0.4, 0.5) is 10.1 Å². The highest BCUT2D eigenvalue weighted by molar-refractivity contribution is 9.10. The van der Waals surface area contributed by atoms with Crippen LogP contribution in [-0.4, -0.2) is 18.5 Å². The van der Waals surface area contributed by atoms with E-state index in [0.717, 1.165) is 18.5 Å². The first-order chi connectivity index (χ1) is 8.49. The van der Waals surface area contributed by atoms with Gasteiger partial charge in [-0.2, -0.15) is 0 Å². The van der Waals surface area contributed by atoms with Gasteiger partial charge in [-0.3, -0.25) is 4.79 Å². The number of nitrogens with one attached hydrogen (secondary N) is 2. The van der Waals surface area contributed by atoms with Crippen LogP contribution in [-0.2, 0) is 4.79 Å². The van der Waals surface area contributed by atoms with Gasteiger partial charge in [0.25, 0.3) is 0 Å². The number of carbonyl (C=O) groups excluding carboxylic acids is 1. The van der Waals surface area contributed by atoms with Crippen molar-refractivity contribution in [3.63, 3.8) is 0 Å². The van der Waals surface area contributed by atoms with Gasteiger partial charge in [0.05, 0.1) is 10.5 Å². The lowest BCUT2D eigenvalue weighted by molar-refractivity contribution is -0.118. The molecule has 1 heterocycles. The first-order valence-corrected chi connectivity index (χ1v) is 6.78. The van der Waals surface area contributed by atoms with Gasteiger partial charge in [-0.05, 0) is 59.4 Å². The first kappa shape index (κ1) is 13.5. The quantitative estimate of drug-likeness (QED) is 0.881. The Morgan fingerprint density at radius 3 is 2.89 bits per heavy atom. The van der Waals surface area contributed by atoms with E-state index < -0.39 is 0 Å². The maximum atomic E-state index is 13.4. The minimum absolute atomic E-state index is 0.0928. The van der Waals surface area contributed by atoms with Crippen LogP contribution in [0.25, 0.3) is 0 Å². The van der Waals surface area contributed by atoms with Crippen LogP contribution < -0.4 is 10.6 Å². The predicted octanol–water partition coefficient (Wildman–Crippen LogP) is 2.83. The SMILES string of the molecule is Cc1cc(Br)c(F)cc1NC(=O)C1NCCC1C. The van der Waals surface area contributed by atoms with Gasteiger partial charge in [0.1, 0.15) is 5.82 Å². The lowest BCUT2D eigenvalue weighted by Gasteiger charge is -2.16. The van der Waals surface area contributed by atoms with Crippen LogP contribution in [0.1, 0.15) is 18.9 Å². The summed E-state index contributed by atoms with van der Waals surface area (Å²) in [6.45, 7) is 4.73. The monoisotopic (exact) mass is 314 g/mol. The maximum Gasteiger partial charge on any atom is 0.241 e. The summed E-state index contributed by atoms with van der Waals surface area (Å²) < 4.78 is 13.9. The second kappa shape index (κ2) is 5.36. The van der Waals surface area contributed by atoms with Crippen LogP contribution >= 0.6 is 15.9 Å². The zero-order valence-electron chi connectivity index (χ0n) is 10.4. The Kier molecular flexibility index (Phi) is 4.02. The van der Waals surface area contributed by atoms with E-state index in [1.54, 1.807) is 6.07 Å². The Morgan fingerprint density at radius 1 is 1.56 bits per heavy atom. The molecule has 0 saturated carbocycles. The number of halogens is 2. The zero-order chi connectivity index (χ0) is 13.3. The number of anilines is 1. The smallest absolute Gasteiger partial charge is 0.241 e. The van der Waals surface area contributed by atoms with E-state index in [2.05, 4.69) is 26.6 Å². The molecule has 1 aromatic carbocycles. The Morgan fingerprint density at radius 2 is 2.28 bits per heavy atom.